The van der Waals surface area contributed by atoms with Gasteiger partial charge in [0.2, 0.25) is 0 Å². The first-order valence-corrected chi connectivity index (χ1v) is 5.68. The second kappa shape index (κ2) is 6.07. The van der Waals surface area contributed by atoms with E-state index in [4.69, 9.17) is 5.26 Å². The Balaban J connectivity index is 2.83. The van der Waals surface area contributed by atoms with E-state index >= 15 is 0 Å². The first kappa shape index (κ1) is 12.4. The molecule has 1 unspecified atom stereocenters. The van der Waals surface area contributed by atoms with Gasteiger partial charge in [0.15, 0.2) is 5.78 Å². The summed E-state index contributed by atoms with van der Waals surface area (Å²) >= 11 is 0. The normalized spacial score (nSPS) is 11.8. The van der Waals surface area contributed by atoms with Gasteiger partial charge in [-0.15, -0.1) is 0 Å². The SMILES string of the molecule is CCCCC(=O)C(C#N)c1cccc(C)c1. The highest BCUT2D eigenvalue weighted by Crippen LogP contribution is 2.19. The molecule has 0 saturated carbocycles. The van der Waals surface area contributed by atoms with Crippen molar-refractivity contribution in [2.75, 3.05) is 0 Å². The smallest absolute Gasteiger partial charge is 0.154 e. The fraction of sp³-hybridized carbons (Fsp3) is 0.429. The Hall–Kier alpha value is -1.62. The molecular weight excluding hydrogens is 198 g/mol. The molecule has 0 radical (unpaired) electrons. The third-order valence-corrected chi connectivity index (χ3v) is 2.60. The largest absolute Gasteiger partial charge is 0.298 e. The summed E-state index contributed by atoms with van der Waals surface area (Å²) in [5, 5.41) is 9.07. The highest BCUT2D eigenvalue weighted by atomic mass is 16.1. The van der Waals surface area contributed by atoms with Gasteiger partial charge < -0.3 is 0 Å². The van der Waals surface area contributed by atoms with Gasteiger partial charge in [-0.1, -0.05) is 43.2 Å². The molecule has 0 saturated heterocycles. The summed E-state index contributed by atoms with van der Waals surface area (Å²) in [6, 6.07) is 9.73. The van der Waals surface area contributed by atoms with Gasteiger partial charge in [-0.2, -0.15) is 5.26 Å². The zero-order chi connectivity index (χ0) is 12.0. The van der Waals surface area contributed by atoms with Crippen LogP contribution in [-0.2, 0) is 4.79 Å². The van der Waals surface area contributed by atoms with Crippen molar-refractivity contribution in [1.29, 1.82) is 5.26 Å². The molecule has 0 aliphatic rings. The monoisotopic (exact) mass is 215 g/mol. The van der Waals surface area contributed by atoms with Crippen molar-refractivity contribution in [3.8, 4) is 6.07 Å². The lowest BCUT2D eigenvalue weighted by Crippen LogP contribution is -2.10. The summed E-state index contributed by atoms with van der Waals surface area (Å²) < 4.78 is 0. The number of benzene rings is 1. The van der Waals surface area contributed by atoms with Crippen LogP contribution >= 0.6 is 0 Å². The van der Waals surface area contributed by atoms with E-state index < -0.39 is 5.92 Å². The minimum absolute atomic E-state index is 0.0370. The molecule has 2 heteroatoms. The predicted molar refractivity (Wildman–Crippen MR) is 64.1 cm³/mol. The molecule has 0 heterocycles. The molecule has 0 bridgehead atoms. The average Bonchev–Trinajstić information content (AvgIpc) is 2.27. The molecule has 0 spiro atoms. The topological polar surface area (TPSA) is 40.9 Å². The van der Waals surface area contributed by atoms with Gasteiger partial charge in [0.05, 0.1) is 6.07 Å². The molecule has 1 aromatic rings. The lowest BCUT2D eigenvalue weighted by Gasteiger charge is -2.08. The second-order valence-electron chi connectivity index (χ2n) is 4.05. The Morgan fingerprint density at radius 2 is 2.25 bits per heavy atom. The standard InChI is InChI=1S/C14H17NO/c1-3-4-8-14(16)13(10-15)12-7-5-6-11(2)9-12/h5-7,9,13H,3-4,8H2,1-2H3. The van der Waals surface area contributed by atoms with Gasteiger partial charge in [-0.05, 0) is 18.9 Å². The van der Waals surface area contributed by atoms with Gasteiger partial charge in [-0.3, -0.25) is 4.79 Å². The van der Waals surface area contributed by atoms with E-state index in [1.54, 1.807) is 0 Å². The number of rotatable bonds is 5. The lowest BCUT2D eigenvalue weighted by atomic mass is 9.92. The van der Waals surface area contributed by atoms with Crippen LogP contribution in [0.15, 0.2) is 24.3 Å². The molecule has 0 N–H and O–H groups in total. The van der Waals surface area contributed by atoms with Crippen LogP contribution in [0.25, 0.3) is 0 Å². The van der Waals surface area contributed by atoms with Crippen LogP contribution in [0.2, 0.25) is 0 Å². The highest BCUT2D eigenvalue weighted by molar-refractivity contribution is 5.88. The maximum Gasteiger partial charge on any atom is 0.154 e. The van der Waals surface area contributed by atoms with Crippen LogP contribution in [0.3, 0.4) is 0 Å². The summed E-state index contributed by atoms with van der Waals surface area (Å²) in [7, 11) is 0. The fourth-order valence-electron chi connectivity index (χ4n) is 1.68. The van der Waals surface area contributed by atoms with E-state index in [1.807, 2.05) is 38.1 Å². The molecule has 1 atom stereocenters. The van der Waals surface area contributed by atoms with Gasteiger partial charge in [0.25, 0.3) is 0 Å². The third-order valence-electron chi connectivity index (χ3n) is 2.60. The summed E-state index contributed by atoms with van der Waals surface area (Å²) in [5.74, 6) is -0.554. The molecular formula is C14H17NO. The number of hydrogen-bond donors (Lipinski definition) is 0. The summed E-state index contributed by atoms with van der Waals surface area (Å²) in [5.41, 5.74) is 1.91. The third kappa shape index (κ3) is 3.20. The first-order chi connectivity index (χ1) is 7.69. The van der Waals surface area contributed by atoms with Crippen LogP contribution in [0.4, 0.5) is 0 Å². The first-order valence-electron chi connectivity index (χ1n) is 5.68. The number of nitriles is 1. The van der Waals surface area contributed by atoms with Gasteiger partial charge >= 0.3 is 0 Å². The van der Waals surface area contributed by atoms with E-state index in [1.165, 1.54) is 0 Å². The molecule has 84 valence electrons. The van der Waals surface area contributed by atoms with E-state index in [0.717, 1.165) is 24.0 Å². The van der Waals surface area contributed by atoms with Crippen molar-refractivity contribution in [2.45, 2.75) is 39.0 Å². The maximum atomic E-state index is 11.8. The van der Waals surface area contributed by atoms with Crippen LogP contribution in [0.5, 0.6) is 0 Å². The Labute approximate surface area is 96.9 Å². The number of Topliss-reactive ketones (excluding diaryl/α,β-unsaturated/α-hetero) is 1. The molecule has 0 amide bonds. The van der Waals surface area contributed by atoms with Crippen LogP contribution < -0.4 is 0 Å². The minimum atomic E-state index is -0.591. The quantitative estimate of drug-likeness (QED) is 0.755. The lowest BCUT2D eigenvalue weighted by molar-refractivity contribution is -0.119. The predicted octanol–water partition coefficient (Wildman–Crippen LogP) is 3.36. The molecule has 0 aliphatic carbocycles. The zero-order valence-electron chi connectivity index (χ0n) is 9.86. The number of aryl methyl sites for hydroxylation is 1. The van der Waals surface area contributed by atoms with E-state index in [2.05, 4.69) is 6.07 Å². The van der Waals surface area contributed by atoms with Crippen LogP contribution in [0.1, 0.15) is 43.2 Å². The van der Waals surface area contributed by atoms with Crippen molar-refractivity contribution in [2.24, 2.45) is 0 Å². The summed E-state index contributed by atoms with van der Waals surface area (Å²) in [6.45, 7) is 4.01. The van der Waals surface area contributed by atoms with E-state index in [-0.39, 0.29) is 5.78 Å². The summed E-state index contributed by atoms with van der Waals surface area (Å²) in [4.78, 5) is 11.8. The van der Waals surface area contributed by atoms with Gasteiger partial charge in [0, 0.05) is 6.42 Å². The minimum Gasteiger partial charge on any atom is -0.298 e. The van der Waals surface area contributed by atoms with Crippen LogP contribution in [0, 0.1) is 18.3 Å². The number of nitrogens with zero attached hydrogens (tertiary/aromatic N) is 1. The Kier molecular flexibility index (Phi) is 4.72. The average molecular weight is 215 g/mol. The molecule has 16 heavy (non-hydrogen) atoms. The second-order valence-corrected chi connectivity index (χ2v) is 4.05. The van der Waals surface area contributed by atoms with Crippen molar-refractivity contribution < 1.29 is 4.79 Å². The molecule has 2 nitrogen and oxygen atoms in total. The maximum absolute atomic E-state index is 11.8. The summed E-state index contributed by atoms with van der Waals surface area (Å²) in [6.07, 6.45) is 2.35. The van der Waals surface area contributed by atoms with Crippen molar-refractivity contribution >= 4 is 5.78 Å². The number of carbonyl (C=O) groups excluding carboxylic acids is 1. The molecule has 0 aliphatic heterocycles. The number of unbranched alkanes of at least 4 members (excludes halogenated alkanes) is 1. The van der Waals surface area contributed by atoms with Crippen molar-refractivity contribution in [1.82, 2.24) is 0 Å². The highest BCUT2D eigenvalue weighted by Gasteiger charge is 2.19. The number of ketones is 1. The van der Waals surface area contributed by atoms with E-state index in [9.17, 15) is 4.79 Å². The Morgan fingerprint density at radius 3 is 2.81 bits per heavy atom. The van der Waals surface area contributed by atoms with Gasteiger partial charge in [-0.25, -0.2) is 0 Å². The molecule has 1 rings (SSSR count). The number of hydrogen-bond acceptors (Lipinski definition) is 2. The number of carbonyl (C=O) groups is 1. The molecule has 0 fully saturated rings. The van der Waals surface area contributed by atoms with E-state index in [0.29, 0.717) is 6.42 Å². The Morgan fingerprint density at radius 1 is 1.50 bits per heavy atom. The molecule has 1 aromatic carbocycles. The Bertz CT molecular complexity index is 403. The van der Waals surface area contributed by atoms with Crippen LogP contribution in [-0.4, -0.2) is 5.78 Å². The fourth-order valence-corrected chi connectivity index (χ4v) is 1.68. The van der Waals surface area contributed by atoms with Crippen molar-refractivity contribution in [3.05, 3.63) is 35.4 Å². The van der Waals surface area contributed by atoms with Gasteiger partial charge in [0.1, 0.15) is 5.92 Å². The van der Waals surface area contributed by atoms with Crippen molar-refractivity contribution in [3.63, 3.8) is 0 Å². The zero-order valence-corrected chi connectivity index (χ0v) is 9.86. The molecule has 0 aromatic heterocycles.